The SMILES string of the molecule is Ic1ccc(I)c2c(I)c(-c3ccccc3)c(-c3ccccc3)c(I)c12. The molecular formula is C22H12I4. The van der Waals surface area contributed by atoms with Gasteiger partial charge in [0.05, 0.1) is 0 Å². The molecule has 0 saturated heterocycles. The van der Waals surface area contributed by atoms with Crippen LogP contribution in [0, 0.1) is 14.3 Å². The Balaban J connectivity index is 2.25. The Kier molecular flexibility index (Phi) is 6.11. The first-order valence-electron chi connectivity index (χ1n) is 7.99. The summed E-state index contributed by atoms with van der Waals surface area (Å²) in [6.07, 6.45) is 0. The van der Waals surface area contributed by atoms with Gasteiger partial charge in [0.2, 0.25) is 0 Å². The third-order valence-corrected chi connectivity index (χ3v) is 8.31. The number of hydrogen-bond donors (Lipinski definition) is 0. The minimum Gasteiger partial charge on any atom is -0.0622 e. The van der Waals surface area contributed by atoms with Crippen LogP contribution in [-0.2, 0) is 0 Å². The van der Waals surface area contributed by atoms with Crippen molar-refractivity contribution in [1.29, 1.82) is 0 Å². The predicted octanol–water partition coefficient (Wildman–Crippen LogP) is 8.59. The van der Waals surface area contributed by atoms with E-state index in [1.807, 2.05) is 0 Å². The van der Waals surface area contributed by atoms with E-state index in [4.69, 9.17) is 0 Å². The molecule has 0 spiro atoms. The van der Waals surface area contributed by atoms with Crippen molar-refractivity contribution in [3.05, 3.63) is 87.1 Å². The van der Waals surface area contributed by atoms with Crippen LogP contribution in [0.4, 0.5) is 0 Å². The molecule has 0 aliphatic carbocycles. The first-order valence-corrected chi connectivity index (χ1v) is 12.3. The molecule has 26 heavy (non-hydrogen) atoms. The molecule has 4 aromatic carbocycles. The summed E-state index contributed by atoms with van der Waals surface area (Å²) >= 11 is 10.0. The van der Waals surface area contributed by atoms with Crippen molar-refractivity contribution in [2.24, 2.45) is 0 Å². The molecule has 0 N–H and O–H groups in total. The second-order valence-electron chi connectivity index (χ2n) is 5.89. The molecule has 0 aliphatic heterocycles. The van der Waals surface area contributed by atoms with Gasteiger partial charge in [-0.2, -0.15) is 0 Å². The van der Waals surface area contributed by atoms with Crippen LogP contribution < -0.4 is 0 Å². The topological polar surface area (TPSA) is 0 Å². The molecule has 0 fully saturated rings. The second-order valence-corrected chi connectivity index (χ2v) is 10.4. The van der Waals surface area contributed by atoms with E-state index in [0.29, 0.717) is 0 Å². The lowest BCUT2D eigenvalue weighted by atomic mass is 9.91. The van der Waals surface area contributed by atoms with Gasteiger partial charge in [-0.25, -0.2) is 0 Å². The van der Waals surface area contributed by atoms with Crippen molar-refractivity contribution in [1.82, 2.24) is 0 Å². The number of halogens is 4. The smallest absolute Gasteiger partial charge is 0.0305 e. The van der Waals surface area contributed by atoms with Crippen LogP contribution in [0.25, 0.3) is 33.0 Å². The lowest BCUT2D eigenvalue weighted by molar-refractivity contribution is 1.54. The van der Waals surface area contributed by atoms with Gasteiger partial charge >= 0.3 is 0 Å². The second kappa shape index (κ2) is 8.20. The predicted molar refractivity (Wildman–Crippen MR) is 146 cm³/mol. The van der Waals surface area contributed by atoms with E-state index in [9.17, 15) is 0 Å². The standard InChI is InChI=1S/C22H12I4/c23-15-11-12-16(24)20-19(15)21(25)17(13-7-3-1-4-8-13)18(22(20)26)14-9-5-2-6-10-14/h1-12H. The molecule has 0 heterocycles. The molecule has 0 radical (unpaired) electrons. The first-order chi connectivity index (χ1) is 12.6. The highest BCUT2D eigenvalue weighted by Gasteiger charge is 2.22. The van der Waals surface area contributed by atoms with Crippen LogP contribution in [0.1, 0.15) is 0 Å². The highest BCUT2D eigenvalue weighted by molar-refractivity contribution is 14.1. The summed E-state index contributed by atoms with van der Waals surface area (Å²) in [5.41, 5.74) is 5.19. The van der Waals surface area contributed by atoms with Crippen LogP contribution in [-0.4, -0.2) is 0 Å². The van der Waals surface area contributed by atoms with Crippen molar-refractivity contribution >= 4 is 101 Å². The summed E-state index contributed by atoms with van der Waals surface area (Å²) in [5, 5.41) is 2.72. The molecule has 128 valence electrons. The molecular weight excluding hydrogens is 772 g/mol. The van der Waals surface area contributed by atoms with E-state index in [-0.39, 0.29) is 0 Å². The molecule has 0 aromatic heterocycles. The van der Waals surface area contributed by atoms with Crippen LogP contribution in [0.15, 0.2) is 72.8 Å². The highest BCUT2D eigenvalue weighted by atomic mass is 127. The summed E-state index contributed by atoms with van der Waals surface area (Å²) in [6.45, 7) is 0. The van der Waals surface area contributed by atoms with Gasteiger partial charge in [-0.05, 0) is 114 Å². The van der Waals surface area contributed by atoms with E-state index in [2.05, 4.69) is 163 Å². The van der Waals surface area contributed by atoms with Crippen molar-refractivity contribution in [3.63, 3.8) is 0 Å². The molecule has 4 aromatic rings. The fourth-order valence-corrected chi connectivity index (χ4v) is 7.96. The summed E-state index contributed by atoms with van der Waals surface area (Å²) in [6, 6.07) is 26.0. The van der Waals surface area contributed by atoms with Gasteiger partial charge in [0, 0.05) is 36.2 Å². The van der Waals surface area contributed by atoms with Gasteiger partial charge < -0.3 is 0 Å². The Bertz CT molecular complexity index is 1010. The zero-order chi connectivity index (χ0) is 18.3. The minimum absolute atomic E-state index is 1.27. The number of fused-ring (bicyclic) bond motifs is 1. The maximum absolute atomic E-state index is 2.54. The maximum atomic E-state index is 2.54. The molecule has 0 amide bonds. The first kappa shape index (κ1) is 19.4. The van der Waals surface area contributed by atoms with Gasteiger partial charge in [-0.3, -0.25) is 0 Å². The van der Waals surface area contributed by atoms with Crippen LogP contribution in [0.2, 0.25) is 0 Å². The lowest BCUT2D eigenvalue weighted by Gasteiger charge is -2.20. The maximum Gasteiger partial charge on any atom is 0.0305 e. The van der Waals surface area contributed by atoms with Gasteiger partial charge in [0.15, 0.2) is 0 Å². The fourth-order valence-electron chi connectivity index (χ4n) is 3.20. The van der Waals surface area contributed by atoms with Gasteiger partial charge in [0.25, 0.3) is 0 Å². The average Bonchev–Trinajstić information content (AvgIpc) is 2.67. The highest BCUT2D eigenvalue weighted by Crippen LogP contribution is 2.46. The molecule has 0 aliphatic rings. The molecule has 0 nitrogen and oxygen atoms in total. The summed E-state index contributed by atoms with van der Waals surface area (Å²) in [4.78, 5) is 0. The largest absolute Gasteiger partial charge is 0.0622 e. The quantitative estimate of drug-likeness (QED) is 0.179. The third-order valence-electron chi connectivity index (χ3n) is 4.36. The summed E-state index contributed by atoms with van der Waals surface area (Å²) in [5.74, 6) is 0. The molecule has 0 saturated carbocycles. The van der Waals surface area contributed by atoms with Crippen molar-refractivity contribution in [3.8, 4) is 22.3 Å². The van der Waals surface area contributed by atoms with Gasteiger partial charge in [0.1, 0.15) is 0 Å². The molecule has 0 bridgehead atoms. The van der Waals surface area contributed by atoms with Gasteiger partial charge in [-0.15, -0.1) is 0 Å². The molecule has 4 rings (SSSR count). The normalized spacial score (nSPS) is 11.1. The number of rotatable bonds is 2. The van der Waals surface area contributed by atoms with Crippen molar-refractivity contribution in [2.45, 2.75) is 0 Å². The third kappa shape index (κ3) is 3.43. The Morgan fingerprint density at radius 3 is 1.12 bits per heavy atom. The van der Waals surface area contributed by atoms with Crippen molar-refractivity contribution < 1.29 is 0 Å². The average molecular weight is 784 g/mol. The zero-order valence-corrected chi connectivity index (χ0v) is 22.1. The van der Waals surface area contributed by atoms with E-state index >= 15 is 0 Å². The minimum atomic E-state index is 1.27. The summed E-state index contributed by atoms with van der Waals surface area (Å²) < 4.78 is 5.26. The Morgan fingerprint density at radius 2 is 0.769 bits per heavy atom. The van der Waals surface area contributed by atoms with Crippen LogP contribution in [0.5, 0.6) is 0 Å². The van der Waals surface area contributed by atoms with Crippen molar-refractivity contribution in [2.75, 3.05) is 0 Å². The number of hydrogen-bond acceptors (Lipinski definition) is 0. The lowest BCUT2D eigenvalue weighted by Crippen LogP contribution is -1.98. The Morgan fingerprint density at radius 1 is 0.423 bits per heavy atom. The Labute approximate surface area is 207 Å². The number of benzene rings is 4. The monoisotopic (exact) mass is 784 g/mol. The Hall–Kier alpha value is 0.0600. The van der Waals surface area contributed by atoms with E-state index in [0.717, 1.165) is 0 Å². The van der Waals surface area contributed by atoms with Crippen LogP contribution >= 0.6 is 90.4 Å². The van der Waals surface area contributed by atoms with E-state index < -0.39 is 0 Å². The van der Waals surface area contributed by atoms with Crippen LogP contribution in [0.3, 0.4) is 0 Å². The van der Waals surface area contributed by atoms with Gasteiger partial charge in [-0.1, -0.05) is 60.7 Å². The molecule has 4 heteroatoms. The fraction of sp³-hybridized carbons (Fsp3) is 0. The summed E-state index contributed by atoms with van der Waals surface area (Å²) in [7, 11) is 0. The molecule has 0 atom stereocenters. The van der Waals surface area contributed by atoms with E-state index in [1.54, 1.807) is 0 Å². The molecule has 0 unspecified atom stereocenters. The van der Waals surface area contributed by atoms with E-state index in [1.165, 1.54) is 47.3 Å². The zero-order valence-electron chi connectivity index (χ0n) is 13.4.